The highest BCUT2D eigenvalue weighted by atomic mass is 16.5. The minimum Gasteiger partial charge on any atom is -0.467 e. The van der Waals surface area contributed by atoms with Gasteiger partial charge in [-0.05, 0) is 68.5 Å². The summed E-state index contributed by atoms with van der Waals surface area (Å²) in [6, 6.07) is 8.01. The van der Waals surface area contributed by atoms with Gasteiger partial charge in [0.25, 0.3) is 0 Å². The van der Waals surface area contributed by atoms with E-state index in [0.717, 1.165) is 68.4 Å². The first-order chi connectivity index (χ1) is 17.2. The molecule has 0 saturated carbocycles. The molecular formula is C26H32N6O3. The highest BCUT2D eigenvalue weighted by molar-refractivity contribution is 5.82. The Hall–Kier alpha value is -2.75. The largest absolute Gasteiger partial charge is 0.467 e. The average Bonchev–Trinajstić information content (AvgIpc) is 3.58. The minimum atomic E-state index is 0.295. The molecule has 3 aromatic rings. The van der Waals surface area contributed by atoms with Crippen LogP contribution in [0.15, 0.2) is 24.4 Å². The van der Waals surface area contributed by atoms with Crippen LogP contribution in [0.5, 0.6) is 6.01 Å². The number of anilines is 1. The highest BCUT2D eigenvalue weighted by Crippen LogP contribution is 2.36. The van der Waals surface area contributed by atoms with Crippen molar-refractivity contribution in [2.24, 2.45) is 0 Å². The van der Waals surface area contributed by atoms with Crippen LogP contribution in [-0.4, -0.2) is 89.4 Å². The number of methoxy groups -OCH3 is 1. The zero-order chi connectivity index (χ0) is 23.5. The Morgan fingerprint density at radius 2 is 1.83 bits per heavy atom. The van der Waals surface area contributed by atoms with Crippen molar-refractivity contribution in [2.45, 2.75) is 50.3 Å². The number of morpholine rings is 1. The number of aromatic nitrogens is 4. The van der Waals surface area contributed by atoms with E-state index in [9.17, 15) is 0 Å². The second-order valence-corrected chi connectivity index (χ2v) is 10.4. The van der Waals surface area contributed by atoms with Crippen molar-refractivity contribution in [1.29, 1.82) is 0 Å². The third kappa shape index (κ3) is 3.68. The van der Waals surface area contributed by atoms with Crippen molar-refractivity contribution in [3.63, 3.8) is 0 Å². The Balaban J connectivity index is 1.22. The Kier molecular flexibility index (Phi) is 5.18. The van der Waals surface area contributed by atoms with Crippen LogP contribution in [0.4, 0.5) is 5.82 Å². The number of hydrogen-bond donors (Lipinski definition) is 0. The molecule has 6 heterocycles. The van der Waals surface area contributed by atoms with E-state index in [1.54, 1.807) is 7.11 Å². The van der Waals surface area contributed by atoms with E-state index in [4.69, 9.17) is 19.3 Å². The van der Waals surface area contributed by atoms with Gasteiger partial charge in [-0.3, -0.25) is 4.90 Å². The fourth-order valence-corrected chi connectivity index (χ4v) is 6.26. The van der Waals surface area contributed by atoms with Crippen LogP contribution in [0.3, 0.4) is 0 Å². The van der Waals surface area contributed by atoms with Crippen LogP contribution in [-0.2, 0) is 9.47 Å². The van der Waals surface area contributed by atoms with Crippen LogP contribution in [0.25, 0.3) is 16.7 Å². The van der Waals surface area contributed by atoms with Gasteiger partial charge in [0, 0.05) is 18.0 Å². The first kappa shape index (κ1) is 21.5. The fourth-order valence-electron chi connectivity index (χ4n) is 6.26. The molecule has 2 atom stereocenters. The van der Waals surface area contributed by atoms with E-state index in [0.29, 0.717) is 30.1 Å². The molecule has 35 heavy (non-hydrogen) atoms. The van der Waals surface area contributed by atoms with Gasteiger partial charge < -0.3 is 19.1 Å². The summed E-state index contributed by atoms with van der Waals surface area (Å²) < 4.78 is 18.6. The van der Waals surface area contributed by atoms with Crippen LogP contribution in [0, 0.1) is 6.92 Å². The second kappa shape index (κ2) is 8.43. The van der Waals surface area contributed by atoms with E-state index >= 15 is 0 Å². The molecular weight excluding hydrogens is 444 g/mol. The maximum atomic E-state index is 5.79. The van der Waals surface area contributed by atoms with E-state index in [1.165, 1.54) is 24.0 Å². The number of hydrogen-bond acceptors (Lipinski definition) is 8. The summed E-state index contributed by atoms with van der Waals surface area (Å²) in [5.74, 6) is 2.18. The van der Waals surface area contributed by atoms with Crippen molar-refractivity contribution in [3.05, 3.63) is 35.5 Å². The van der Waals surface area contributed by atoms with Gasteiger partial charge in [-0.15, -0.1) is 0 Å². The maximum absolute atomic E-state index is 5.79. The molecule has 2 bridgehead atoms. The molecule has 0 amide bonds. The Bertz CT molecular complexity index is 1250. The summed E-state index contributed by atoms with van der Waals surface area (Å²) in [4.78, 5) is 14.3. The predicted molar refractivity (Wildman–Crippen MR) is 132 cm³/mol. The molecule has 9 heteroatoms. The fraction of sp³-hybridized carbons (Fsp3) is 0.577. The zero-order valence-electron chi connectivity index (χ0n) is 20.4. The molecule has 9 nitrogen and oxygen atoms in total. The lowest BCUT2D eigenvalue weighted by molar-refractivity contribution is -0.0712. The zero-order valence-corrected chi connectivity index (χ0v) is 20.4. The molecule has 7 rings (SSSR count). The third-order valence-electron chi connectivity index (χ3n) is 8.33. The van der Waals surface area contributed by atoms with Crippen molar-refractivity contribution < 1.29 is 14.2 Å². The number of benzene rings is 1. The molecule has 4 fully saturated rings. The average molecular weight is 477 g/mol. The number of aryl methyl sites for hydroxylation is 1. The lowest BCUT2D eigenvalue weighted by Gasteiger charge is -2.41. The minimum absolute atomic E-state index is 0.295. The first-order valence-corrected chi connectivity index (χ1v) is 12.8. The normalized spacial score (nSPS) is 25.5. The number of rotatable bonds is 5. The third-order valence-corrected chi connectivity index (χ3v) is 8.33. The number of nitrogens with zero attached hydrogens (tertiary/aromatic N) is 6. The summed E-state index contributed by atoms with van der Waals surface area (Å²) in [6.07, 6.45) is 5.65. The van der Waals surface area contributed by atoms with Gasteiger partial charge in [0.2, 0.25) is 0 Å². The number of ether oxygens (including phenoxy) is 3. The van der Waals surface area contributed by atoms with E-state index in [1.807, 2.05) is 16.9 Å². The molecule has 0 spiro atoms. The molecule has 0 unspecified atom stereocenters. The molecule has 4 aliphatic heterocycles. The summed E-state index contributed by atoms with van der Waals surface area (Å²) >= 11 is 0. The van der Waals surface area contributed by atoms with Gasteiger partial charge in [0.1, 0.15) is 5.82 Å². The first-order valence-electron chi connectivity index (χ1n) is 12.8. The SMILES string of the molecule is COc1nc(N2C[C@@H]3C[C@H]2CO3)cc(-n2ncc3cc(C)c(C4CCN(C5COC5)CC4)cc32)n1. The number of likely N-dealkylation sites (tertiary alicyclic amines) is 1. The van der Waals surface area contributed by atoms with Crippen LogP contribution in [0.1, 0.15) is 36.3 Å². The van der Waals surface area contributed by atoms with Gasteiger partial charge >= 0.3 is 6.01 Å². The van der Waals surface area contributed by atoms with E-state index in [-0.39, 0.29) is 0 Å². The molecule has 4 aliphatic rings. The van der Waals surface area contributed by atoms with Crippen LogP contribution in [0.2, 0.25) is 0 Å². The molecule has 2 aromatic heterocycles. The molecule has 4 saturated heterocycles. The Morgan fingerprint density at radius 1 is 1.00 bits per heavy atom. The summed E-state index contributed by atoms with van der Waals surface area (Å²) in [6.45, 7) is 7.92. The molecule has 184 valence electrons. The van der Waals surface area contributed by atoms with E-state index in [2.05, 4.69) is 38.8 Å². The van der Waals surface area contributed by atoms with Crippen LogP contribution < -0.4 is 9.64 Å². The number of piperidine rings is 1. The Morgan fingerprint density at radius 3 is 2.51 bits per heavy atom. The maximum Gasteiger partial charge on any atom is 0.320 e. The van der Waals surface area contributed by atoms with Crippen molar-refractivity contribution in [3.8, 4) is 11.8 Å². The van der Waals surface area contributed by atoms with E-state index < -0.39 is 0 Å². The lowest BCUT2D eigenvalue weighted by atomic mass is 9.85. The van der Waals surface area contributed by atoms with Gasteiger partial charge in [0.15, 0.2) is 5.82 Å². The van der Waals surface area contributed by atoms with Crippen molar-refractivity contribution in [2.75, 3.05) is 51.5 Å². The van der Waals surface area contributed by atoms with Crippen LogP contribution >= 0.6 is 0 Å². The molecule has 0 radical (unpaired) electrons. The Labute approximate surface area is 205 Å². The smallest absolute Gasteiger partial charge is 0.320 e. The van der Waals surface area contributed by atoms with Crippen molar-refractivity contribution >= 4 is 16.7 Å². The van der Waals surface area contributed by atoms with Crippen molar-refractivity contribution in [1.82, 2.24) is 24.6 Å². The van der Waals surface area contributed by atoms with Gasteiger partial charge in [0.05, 0.1) is 56.8 Å². The molecule has 0 aliphatic carbocycles. The summed E-state index contributed by atoms with van der Waals surface area (Å²) in [5, 5.41) is 5.87. The lowest BCUT2D eigenvalue weighted by Crippen LogP contribution is -2.51. The molecule has 0 N–H and O–H groups in total. The second-order valence-electron chi connectivity index (χ2n) is 10.4. The summed E-state index contributed by atoms with van der Waals surface area (Å²) in [5.41, 5.74) is 3.86. The van der Waals surface area contributed by atoms with Gasteiger partial charge in [-0.2, -0.15) is 15.1 Å². The van der Waals surface area contributed by atoms with Gasteiger partial charge in [-0.25, -0.2) is 4.68 Å². The quantitative estimate of drug-likeness (QED) is 0.556. The standard InChI is InChI=1S/C26H32N6O3/c1-16-7-18-11-27-32(23(18)9-22(16)17-3-5-30(6-4-17)20-13-34-14-20)25-10-24(28-26(29-25)33-2)31-12-21-8-19(31)15-35-21/h7,9-11,17,19-21H,3-6,8,12-15H2,1-2H3/t19-,21-/m0/s1. The summed E-state index contributed by atoms with van der Waals surface area (Å²) in [7, 11) is 1.62. The molecule has 1 aromatic carbocycles. The van der Waals surface area contributed by atoms with Gasteiger partial charge in [-0.1, -0.05) is 0 Å². The monoisotopic (exact) mass is 476 g/mol. The predicted octanol–water partition coefficient (Wildman–Crippen LogP) is 2.69. The topological polar surface area (TPSA) is 77.8 Å². The number of fused-ring (bicyclic) bond motifs is 3. The highest BCUT2D eigenvalue weighted by Gasteiger charge is 2.40.